The number of hydrogen-bond acceptors (Lipinski definition) is 6. The number of amides is 2. The molecule has 0 spiro atoms. The molecule has 0 aromatic heterocycles. The van der Waals surface area contributed by atoms with Gasteiger partial charge in [0.05, 0.1) is 21.5 Å². The molecule has 11 heteroatoms. The van der Waals surface area contributed by atoms with Crippen molar-refractivity contribution in [2.24, 2.45) is 0 Å². The first-order valence-electron chi connectivity index (χ1n) is 9.94. The third-order valence-corrected chi connectivity index (χ3v) is 8.19. The van der Waals surface area contributed by atoms with Crippen LogP contribution in [0.4, 0.5) is 15.8 Å². The second kappa shape index (κ2) is 8.02. The number of hydrogen-bond donors (Lipinski definition) is 3. The zero-order valence-corrected chi connectivity index (χ0v) is 18.4. The largest absolute Gasteiger partial charge is 0.396 e. The molecule has 2 aromatic carbocycles. The lowest BCUT2D eigenvalue weighted by Crippen LogP contribution is -2.52. The van der Waals surface area contributed by atoms with Crippen LogP contribution in [0.5, 0.6) is 0 Å². The second-order valence-electron chi connectivity index (χ2n) is 7.96. The van der Waals surface area contributed by atoms with Crippen molar-refractivity contribution in [3.63, 3.8) is 0 Å². The van der Waals surface area contributed by atoms with Gasteiger partial charge in [0.1, 0.15) is 5.82 Å². The number of nitrogens with two attached hydrogens (primary N) is 1. The summed E-state index contributed by atoms with van der Waals surface area (Å²) in [5.74, 6) is -2.45. The Bertz CT molecular complexity index is 1200. The second-order valence-corrected chi connectivity index (χ2v) is 10.6. The minimum absolute atomic E-state index is 0.0360. The Kier molecular flexibility index (Phi) is 5.64. The Labute approximate surface area is 189 Å². The molecule has 1 unspecified atom stereocenters. The minimum atomic E-state index is -3.60. The van der Waals surface area contributed by atoms with E-state index in [2.05, 4.69) is 5.32 Å². The maximum Gasteiger partial charge on any atom is 0.268 e. The number of halogens is 2. The maximum atomic E-state index is 13.5. The SMILES string of the molecule is Nc1c(N2CCC(O)(C(=O)NCc3cc(F)cc(Cl)c3)C2=O)cccc1S(=O)(=O)C1CC1. The number of aliphatic hydroxyl groups is 1. The summed E-state index contributed by atoms with van der Waals surface area (Å²) in [7, 11) is -3.60. The third kappa shape index (κ3) is 3.94. The van der Waals surface area contributed by atoms with Gasteiger partial charge in [0, 0.05) is 24.5 Å². The molecule has 2 fully saturated rings. The van der Waals surface area contributed by atoms with Gasteiger partial charge in [-0.2, -0.15) is 0 Å². The van der Waals surface area contributed by atoms with Crippen molar-refractivity contribution in [3.8, 4) is 0 Å². The lowest BCUT2D eigenvalue weighted by molar-refractivity contribution is -0.149. The first kappa shape index (κ1) is 22.5. The molecule has 0 bridgehead atoms. The van der Waals surface area contributed by atoms with Crippen LogP contribution in [-0.4, -0.2) is 42.7 Å². The molecule has 2 amide bonds. The molecule has 4 rings (SSSR count). The van der Waals surface area contributed by atoms with Crippen LogP contribution in [0.3, 0.4) is 0 Å². The smallest absolute Gasteiger partial charge is 0.268 e. The van der Waals surface area contributed by atoms with E-state index in [9.17, 15) is 27.5 Å². The Hall–Kier alpha value is -2.69. The molecule has 170 valence electrons. The highest BCUT2D eigenvalue weighted by atomic mass is 35.5. The summed E-state index contributed by atoms with van der Waals surface area (Å²) in [4.78, 5) is 26.7. The van der Waals surface area contributed by atoms with E-state index in [-0.39, 0.29) is 40.8 Å². The molecule has 2 aliphatic rings. The number of nitrogen functional groups attached to an aromatic ring is 1. The van der Waals surface area contributed by atoms with Gasteiger partial charge in [0.15, 0.2) is 9.84 Å². The van der Waals surface area contributed by atoms with Crippen molar-refractivity contribution < 1.29 is 27.5 Å². The quantitative estimate of drug-likeness (QED) is 0.426. The van der Waals surface area contributed by atoms with Crippen LogP contribution in [0.15, 0.2) is 41.3 Å². The fourth-order valence-electron chi connectivity index (χ4n) is 3.76. The summed E-state index contributed by atoms with van der Waals surface area (Å²) in [6.07, 6.45) is 0.900. The summed E-state index contributed by atoms with van der Waals surface area (Å²) in [5.41, 5.74) is 4.12. The Balaban J connectivity index is 1.53. The van der Waals surface area contributed by atoms with Gasteiger partial charge in [-0.1, -0.05) is 17.7 Å². The zero-order valence-electron chi connectivity index (χ0n) is 16.8. The highest BCUT2D eigenvalue weighted by Crippen LogP contribution is 2.40. The molecule has 32 heavy (non-hydrogen) atoms. The highest BCUT2D eigenvalue weighted by Gasteiger charge is 2.52. The fourth-order valence-corrected chi connectivity index (χ4v) is 5.80. The standard InChI is InChI=1S/C21H21ClFN3O5S/c22-13-8-12(9-14(23)10-13)11-25-19(27)21(29)6-7-26(20(21)28)16-2-1-3-17(18(16)24)32(30,31)15-4-5-15/h1-3,8-10,15,29H,4-7,11,24H2,(H,25,27). The average molecular weight is 482 g/mol. The summed E-state index contributed by atoms with van der Waals surface area (Å²) in [6, 6.07) is 8.06. The molecular weight excluding hydrogens is 461 g/mol. The monoisotopic (exact) mass is 481 g/mol. The molecule has 0 radical (unpaired) electrons. The van der Waals surface area contributed by atoms with Gasteiger partial charge in [-0.25, -0.2) is 12.8 Å². The van der Waals surface area contributed by atoms with E-state index in [1.54, 1.807) is 0 Å². The van der Waals surface area contributed by atoms with Gasteiger partial charge in [-0.3, -0.25) is 9.59 Å². The lowest BCUT2D eigenvalue weighted by Gasteiger charge is -2.23. The van der Waals surface area contributed by atoms with E-state index in [0.717, 1.165) is 11.0 Å². The van der Waals surface area contributed by atoms with Crippen LogP contribution in [0.2, 0.25) is 5.02 Å². The number of carbonyl (C=O) groups excluding carboxylic acids is 2. The number of benzene rings is 2. The summed E-state index contributed by atoms with van der Waals surface area (Å²) in [6.45, 7) is -0.186. The molecule has 8 nitrogen and oxygen atoms in total. The van der Waals surface area contributed by atoms with Gasteiger partial charge in [-0.05, 0) is 48.7 Å². The van der Waals surface area contributed by atoms with Crippen LogP contribution in [0.1, 0.15) is 24.8 Å². The molecule has 1 aliphatic carbocycles. The highest BCUT2D eigenvalue weighted by molar-refractivity contribution is 7.92. The predicted octanol–water partition coefficient (Wildman–Crippen LogP) is 1.78. The van der Waals surface area contributed by atoms with Gasteiger partial charge in [-0.15, -0.1) is 0 Å². The van der Waals surface area contributed by atoms with Gasteiger partial charge < -0.3 is 21.1 Å². The number of anilines is 2. The van der Waals surface area contributed by atoms with Crippen molar-refractivity contribution in [2.75, 3.05) is 17.2 Å². The van der Waals surface area contributed by atoms with Crippen molar-refractivity contribution in [3.05, 3.63) is 52.8 Å². The van der Waals surface area contributed by atoms with Crippen molar-refractivity contribution in [1.82, 2.24) is 5.32 Å². The average Bonchev–Trinajstić information content (AvgIpc) is 3.54. The molecule has 1 saturated heterocycles. The number of rotatable bonds is 6. The Morgan fingerprint density at radius 2 is 2.03 bits per heavy atom. The predicted molar refractivity (Wildman–Crippen MR) is 116 cm³/mol. The first-order chi connectivity index (χ1) is 15.0. The normalized spacial score (nSPS) is 21.1. The molecule has 1 saturated carbocycles. The van der Waals surface area contributed by atoms with E-state index in [0.29, 0.717) is 18.4 Å². The minimum Gasteiger partial charge on any atom is -0.396 e. The van der Waals surface area contributed by atoms with E-state index in [1.165, 1.54) is 30.3 Å². The molecule has 1 heterocycles. The fraction of sp³-hybridized carbons (Fsp3) is 0.333. The van der Waals surface area contributed by atoms with Crippen LogP contribution in [-0.2, 0) is 26.0 Å². The van der Waals surface area contributed by atoms with Crippen LogP contribution in [0.25, 0.3) is 0 Å². The molecule has 2 aromatic rings. The number of nitrogens with zero attached hydrogens (tertiary/aromatic N) is 1. The van der Waals surface area contributed by atoms with Crippen LogP contribution >= 0.6 is 11.6 Å². The summed E-state index contributed by atoms with van der Waals surface area (Å²) in [5, 5.41) is 12.9. The van der Waals surface area contributed by atoms with E-state index < -0.39 is 38.3 Å². The maximum absolute atomic E-state index is 13.5. The Morgan fingerprint density at radius 1 is 1.31 bits per heavy atom. The molecular formula is C21H21ClFN3O5S. The van der Waals surface area contributed by atoms with Crippen LogP contribution in [0, 0.1) is 5.82 Å². The van der Waals surface area contributed by atoms with Crippen molar-refractivity contribution in [1.29, 1.82) is 0 Å². The summed E-state index contributed by atoms with van der Waals surface area (Å²) < 4.78 is 38.7. The van der Waals surface area contributed by atoms with E-state index in [1.807, 2.05) is 0 Å². The van der Waals surface area contributed by atoms with Gasteiger partial charge in [0.25, 0.3) is 11.8 Å². The van der Waals surface area contributed by atoms with Gasteiger partial charge >= 0.3 is 0 Å². The van der Waals surface area contributed by atoms with E-state index in [4.69, 9.17) is 17.3 Å². The summed E-state index contributed by atoms with van der Waals surface area (Å²) >= 11 is 5.80. The number of carbonyl (C=O) groups is 2. The molecule has 1 atom stereocenters. The van der Waals surface area contributed by atoms with Crippen molar-refractivity contribution >= 4 is 44.6 Å². The Morgan fingerprint density at radius 3 is 2.69 bits per heavy atom. The van der Waals surface area contributed by atoms with E-state index >= 15 is 0 Å². The van der Waals surface area contributed by atoms with Crippen LogP contribution < -0.4 is 16.0 Å². The zero-order chi connectivity index (χ0) is 23.3. The van der Waals surface area contributed by atoms with Gasteiger partial charge in [0.2, 0.25) is 5.60 Å². The van der Waals surface area contributed by atoms with Crippen molar-refractivity contribution in [2.45, 2.75) is 41.6 Å². The number of sulfone groups is 1. The molecule has 1 aliphatic heterocycles. The topological polar surface area (TPSA) is 130 Å². The third-order valence-electron chi connectivity index (χ3n) is 5.65. The lowest BCUT2D eigenvalue weighted by atomic mass is 10.0. The number of para-hydroxylation sites is 1. The number of nitrogens with one attached hydrogen (secondary N) is 1. The first-order valence-corrected chi connectivity index (χ1v) is 11.9. The molecule has 4 N–H and O–H groups in total.